The van der Waals surface area contributed by atoms with E-state index in [1.165, 1.54) is 24.3 Å². The summed E-state index contributed by atoms with van der Waals surface area (Å²) in [7, 11) is 2.28. The Hall–Kier alpha value is -2.57. The van der Waals surface area contributed by atoms with Gasteiger partial charge in [-0.3, -0.25) is 0 Å². The first kappa shape index (κ1) is 20.7. The molecule has 2 rings (SSSR count). The SMILES string of the molecule is COC(=O)C(=Cc1cc(Cl)c(OCc2ccccc2F)c(Cl)c1)C(=O)OC. The summed E-state index contributed by atoms with van der Waals surface area (Å²) in [4.78, 5) is 23.5. The van der Waals surface area contributed by atoms with Crippen LogP contribution in [0.2, 0.25) is 10.0 Å². The number of halogens is 3. The van der Waals surface area contributed by atoms with Crippen molar-refractivity contribution in [2.45, 2.75) is 6.61 Å². The van der Waals surface area contributed by atoms with Crippen LogP contribution < -0.4 is 4.74 Å². The highest BCUT2D eigenvalue weighted by molar-refractivity contribution is 6.37. The van der Waals surface area contributed by atoms with Crippen LogP contribution in [0, 0.1) is 5.82 Å². The van der Waals surface area contributed by atoms with Crippen LogP contribution in [0.15, 0.2) is 42.0 Å². The molecule has 0 bridgehead atoms. The third-order valence-corrected chi connectivity index (χ3v) is 4.03. The Balaban J connectivity index is 2.30. The lowest BCUT2D eigenvalue weighted by Gasteiger charge is -2.12. The van der Waals surface area contributed by atoms with Crippen molar-refractivity contribution >= 4 is 41.2 Å². The zero-order valence-corrected chi connectivity index (χ0v) is 15.9. The molecule has 2 aromatic carbocycles. The fourth-order valence-corrected chi connectivity index (χ4v) is 2.77. The molecule has 0 saturated heterocycles. The molecular formula is C19H15Cl2FO5. The molecule has 0 aliphatic carbocycles. The lowest BCUT2D eigenvalue weighted by Crippen LogP contribution is -2.15. The van der Waals surface area contributed by atoms with Crippen LogP contribution in [-0.4, -0.2) is 26.2 Å². The van der Waals surface area contributed by atoms with Crippen LogP contribution in [0.3, 0.4) is 0 Å². The summed E-state index contributed by atoms with van der Waals surface area (Å²) >= 11 is 12.4. The molecule has 5 nitrogen and oxygen atoms in total. The number of methoxy groups -OCH3 is 2. The molecule has 2 aromatic rings. The van der Waals surface area contributed by atoms with E-state index in [1.807, 2.05) is 0 Å². The molecule has 0 radical (unpaired) electrons. The zero-order valence-electron chi connectivity index (χ0n) is 14.4. The first-order valence-electron chi connectivity index (χ1n) is 7.61. The van der Waals surface area contributed by atoms with Crippen molar-refractivity contribution < 1.29 is 28.2 Å². The Kier molecular flexibility index (Phi) is 7.21. The van der Waals surface area contributed by atoms with Gasteiger partial charge in [0.15, 0.2) is 5.75 Å². The smallest absolute Gasteiger partial charge is 0.345 e. The van der Waals surface area contributed by atoms with E-state index in [0.29, 0.717) is 11.1 Å². The average molecular weight is 413 g/mol. The number of esters is 2. The van der Waals surface area contributed by atoms with Gasteiger partial charge in [-0.05, 0) is 29.8 Å². The van der Waals surface area contributed by atoms with Crippen LogP contribution >= 0.6 is 23.2 Å². The van der Waals surface area contributed by atoms with Crippen LogP contribution in [0.5, 0.6) is 5.75 Å². The average Bonchev–Trinajstić information content (AvgIpc) is 2.65. The molecule has 0 fully saturated rings. The quantitative estimate of drug-likeness (QED) is 0.303. The standard InChI is InChI=1S/C19H15Cl2FO5/c1-25-18(23)13(19(24)26-2)7-11-8-14(20)17(15(21)9-11)27-10-12-5-3-4-6-16(12)22/h3-9H,10H2,1-2H3. The van der Waals surface area contributed by atoms with Crippen molar-refractivity contribution in [3.05, 3.63) is 69.0 Å². The van der Waals surface area contributed by atoms with Crippen molar-refractivity contribution in [3.8, 4) is 5.75 Å². The lowest BCUT2D eigenvalue weighted by atomic mass is 10.1. The van der Waals surface area contributed by atoms with Gasteiger partial charge in [0.2, 0.25) is 0 Å². The number of ether oxygens (including phenoxy) is 3. The third kappa shape index (κ3) is 5.21. The van der Waals surface area contributed by atoms with E-state index in [2.05, 4.69) is 9.47 Å². The van der Waals surface area contributed by atoms with Crippen LogP contribution in [0.4, 0.5) is 4.39 Å². The van der Waals surface area contributed by atoms with Gasteiger partial charge in [0.05, 0.1) is 24.3 Å². The van der Waals surface area contributed by atoms with Crippen LogP contribution in [0.1, 0.15) is 11.1 Å². The third-order valence-electron chi connectivity index (χ3n) is 3.47. The molecule has 0 unspecified atom stereocenters. The van der Waals surface area contributed by atoms with Crippen molar-refractivity contribution in [1.29, 1.82) is 0 Å². The lowest BCUT2D eigenvalue weighted by molar-refractivity contribution is -0.143. The van der Waals surface area contributed by atoms with Gasteiger partial charge in [-0.2, -0.15) is 0 Å². The molecule has 0 heterocycles. The number of rotatable bonds is 6. The van der Waals surface area contributed by atoms with E-state index in [4.69, 9.17) is 27.9 Å². The molecule has 0 spiro atoms. The second-order valence-corrected chi connectivity index (χ2v) is 6.05. The van der Waals surface area contributed by atoms with Gasteiger partial charge < -0.3 is 14.2 Å². The van der Waals surface area contributed by atoms with E-state index < -0.39 is 17.8 Å². The molecule has 8 heteroatoms. The molecule has 0 amide bonds. The minimum absolute atomic E-state index is 0.0725. The molecule has 0 aliphatic heterocycles. The number of hydrogen-bond acceptors (Lipinski definition) is 5. The Bertz CT molecular complexity index is 854. The molecule has 0 aromatic heterocycles. The fraction of sp³-hybridized carbons (Fsp3) is 0.158. The highest BCUT2D eigenvalue weighted by Gasteiger charge is 2.20. The van der Waals surface area contributed by atoms with E-state index in [9.17, 15) is 14.0 Å². The maximum atomic E-state index is 13.7. The monoisotopic (exact) mass is 412 g/mol. The predicted octanol–water partition coefficient (Wildman–Crippen LogP) is 4.44. The van der Waals surface area contributed by atoms with Gasteiger partial charge in [0.25, 0.3) is 0 Å². The summed E-state index contributed by atoms with van der Waals surface area (Å²) < 4.78 is 28.3. The summed E-state index contributed by atoms with van der Waals surface area (Å²) in [5.74, 6) is -2.00. The van der Waals surface area contributed by atoms with E-state index in [0.717, 1.165) is 14.2 Å². The van der Waals surface area contributed by atoms with Gasteiger partial charge >= 0.3 is 11.9 Å². The van der Waals surface area contributed by atoms with E-state index >= 15 is 0 Å². The number of benzene rings is 2. The summed E-state index contributed by atoms with van der Waals surface area (Å²) in [5.41, 5.74) is 0.369. The fourth-order valence-electron chi connectivity index (χ4n) is 2.15. The van der Waals surface area contributed by atoms with Gasteiger partial charge in [-0.25, -0.2) is 14.0 Å². The largest absolute Gasteiger partial charge is 0.486 e. The van der Waals surface area contributed by atoms with Crippen LogP contribution in [-0.2, 0) is 25.7 Å². The van der Waals surface area contributed by atoms with Gasteiger partial charge in [0.1, 0.15) is 18.0 Å². The van der Waals surface area contributed by atoms with Gasteiger partial charge in [-0.1, -0.05) is 41.4 Å². The first-order valence-corrected chi connectivity index (χ1v) is 8.36. The van der Waals surface area contributed by atoms with Gasteiger partial charge in [0, 0.05) is 5.56 Å². The second kappa shape index (κ2) is 9.39. The zero-order chi connectivity index (χ0) is 20.0. The molecule has 0 aliphatic rings. The molecule has 0 N–H and O–H groups in total. The topological polar surface area (TPSA) is 61.8 Å². The highest BCUT2D eigenvalue weighted by atomic mass is 35.5. The Morgan fingerprint density at radius 3 is 2.11 bits per heavy atom. The summed E-state index contributed by atoms with van der Waals surface area (Å²) in [6.07, 6.45) is 1.23. The normalized spacial score (nSPS) is 10.1. The Morgan fingerprint density at radius 2 is 1.59 bits per heavy atom. The van der Waals surface area contributed by atoms with Crippen molar-refractivity contribution in [2.75, 3.05) is 14.2 Å². The minimum Gasteiger partial charge on any atom is -0.486 e. The number of hydrogen-bond donors (Lipinski definition) is 0. The predicted molar refractivity (Wildman–Crippen MR) is 99.2 cm³/mol. The Labute approximate surface area is 165 Å². The van der Waals surface area contributed by atoms with Crippen molar-refractivity contribution in [2.24, 2.45) is 0 Å². The minimum atomic E-state index is -0.867. The molecule has 0 saturated carbocycles. The molecule has 27 heavy (non-hydrogen) atoms. The number of carbonyl (C=O) groups excluding carboxylic acids is 2. The maximum Gasteiger partial charge on any atom is 0.345 e. The maximum absolute atomic E-state index is 13.7. The van der Waals surface area contributed by atoms with Gasteiger partial charge in [-0.15, -0.1) is 0 Å². The van der Waals surface area contributed by atoms with E-state index in [1.54, 1.807) is 18.2 Å². The number of carbonyl (C=O) groups is 2. The molecule has 142 valence electrons. The molecular weight excluding hydrogens is 398 g/mol. The van der Waals surface area contributed by atoms with Crippen LogP contribution in [0.25, 0.3) is 6.08 Å². The Morgan fingerprint density at radius 1 is 1.04 bits per heavy atom. The molecule has 0 atom stereocenters. The van der Waals surface area contributed by atoms with E-state index in [-0.39, 0.29) is 28.0 Å². The van der Waals surface area contributed by atoms with Crippen molar-refractivity contribution in [3.63, 3.8) is 0 Å². The highest BCUT2D eigenvalue weighted by Crippen LogP contribution is 2.35. The first-order chi connectivity index (χ1) is 12.9. The second-order valence-electron chi connectivity index (χ2n) is 5.23. The van der Waals surface area contributed by atoms with Crippen molar-refractivity contribution in [1.82, 2.24) is 0 Å². The summed E-state index contributed by atoms with van der Waals surface area (Å²) in [6.45, 7) is -0.0725. The summed E-state index contributed by atoms with van der Waals surface area (Å²) in [5, 5.41) is 0.248. The summed E-state index contributed by atoms with van der Waals surface area (Å²) in [6, 6.07) is 9.02.